The minimum Gasteiger partial charge on any atom is -0.493 e. The molecular weight excluding hydrogens is 230 g/mol. The first-order valence-corrected chi connectivity index (χ1v) is 5.58. The minimum atomic E-state index is 0.477. The molecule has 0 atom stereocenters. The van der Waals surface area contributed by atoms with Gasteiger partial charge < -0.3 is 14.2 Å². The van der Waals surface area contributed by atoms with Gasteiger partial charge >= 0.3 is 0 Å². The van der Waals surface area contributed by atoms with E-state index in [-0.39, 0.29) is 0 Å². The number of pyridine rings is 1. The van der Waals surface area contributed by atoms with Crippen LogP contribution in [-0.4, -0.2) is 19.2 Å². The fourth-order valence-corrected chi connectivity index (χ4v) is 1.52. The highest BCUT2D eigenvalue weighted by Crippen LogP contribution is 2.29. The standard InChI is InChI=1S/C14H15NO3/c1-16-12-8-14(17-2)15-9-13(12)18-10-11-6-4-3-5-7-11/h3-9H,10H2,1-2H3. The summed E-state index contributed by atoms with van der Waals surface area (Å²) in [5.41, 5.74) is 1.09. The maximum atomic E-state index is 5.67. The zero-order valence-electron chi connectivity index (χ0n) is 10.4. The Kier molecular flexibility index (Phi) is 4.02. The number of hydrogen-bond donors (Lipinski definition) is 0. The first kappa shape index (κ1) is 12.2. The van der Waals surface area contributed by atoms with E-state index in [4.69, 9.17) is 14.2 Å². The molecule has 18 heavy (non-hydrogen) atoms. The highest BCUT2D eigenvalue weighted by atomic mass is 16.5. The Morgan fingerprint density at radius 2 is 1.78 bits per heavy atom. The van der Waals surface area contributed by atoms with Crippen LogP contribution in [0.3, 0.4) is 0 Å². The predicted octanol–water partition coefficient (Wildman–Crippen LogP) is 2.68. The van der Waals surface area contributed by atoms with E-state index in [2.05, 4.69) is 4.98 Å². The Balaban J connectivity index is 2.09. The van der Waals surface area contributed by atoms with Gasteiger partial charge in [0.1, 0.15) is 6.61 Å². The van der Waals surface area contributed by atoms with Gasteiger partial charge in [-0.3, -0.25) is 0 Å². The van der Waals surface area contributed by atoms with Crippen LogP contribution in [0.4, 0.5) is 0 Å². The van der Waals surface area contributed by atoms with Gasteiger partial charge in [-0.15, -0.1) is 0 Å². The third kappa shape index (κ3) is 2.91. The molecule has 0 N–H and O–H groups in total. The molecule has 0 saturated heterocycles. The van der Waals surface area contributed by atoms with Crippen LogP contribution in [0.25, 0.3) is 0 Å². The van der Waals surface area contributed by atoms with Gasteiger partial charge in [0.05, 0.1) is 20.4 Å². The van der Waals surface area contributed by atoms with Crippen LogP contribution in [0, 0.1) is 0 Å². The van der Waals surface area contributed by atoms with E-state index in [1.807, 2.05) is 30.3 Å². The molecule has 0 fully saturated rings. The number of aromatic nitrogens is 1. The minimum absolute atomic E-state index is 0.477. The van der Waals surface area contributed by atoms with E-state index in [1.165, 1.54) is 0 Å². The number of benzene rings is 1. The van der Waals surface area contributed by atoms with Crippen molar-refractivity contribution in [1.29, 1.82) is 0 Å². The molecule has 0 aliphatic carbocycles. The van der Waals surface area contributed by atoms with Crippen molar-refractivity contribution in [2.75, 3.05) is 14.2 Å². The van der Waals surface area contributed by atoms with Gasteiger partial charge in [-0.2, -0.15) is 0 Å². The van der Waals surface area contributed by atoms with Gasteiger partial charge in [0.25, 0.3) is 0 Å². The lowest BCUT2D eigenvalue weighted by molar-refractivity contribution is 0.280. The molecule has 4 nitrogen and oxygen atoms in total. The molecule has 2 rings (SSSR count). The van der Waals surface area contributed by atoms with Crippen molar-refractivity contribution in [1.82, 2.24) is 4.98 Å². The summed E-state index contributed by atoms with van der Waals surface area (Å²) in [7, 11) is 3.15. The van der Waals surface area contributed by atoms with E-state index >= 15 is 0 Å². The van der Waals surface area contributed by atoms with Gasteiger partial charge in [0.2, 0.25) is 5.88 Å². The first-order valence-electron chi connectivity index (χ1n) is 5.58. The Hall–Kier alpha value is -2.23. The van der Waals surface area contributed by atoms with Gasteiger partial charge in [-0.25, -0.2) is 4.98 Å². The summed E-state index contributed by atoms with van der Waals surface area (Å²) >= 11 is 0. The van der Waals surface area contributed by atoms with Crippen LogP contribution in [0.15, 0.2) is 42.6 Å². The Morgan fingerprint density at radius 1 is 1.00 bits per heavy atom. The molecule has 0 bridgehead atoms. The van der Waals surface area contributed by atoms with Gasteiger partial charge in [-0.1, -0.05) is 30.3 Å². The smallest absolute Gasteiger partial charge is 0.216 e. The highest BCUT2D eigenvalue weighted by Gasteiger charge is 2.07. The summed E-state index contributed by atoms with van der Waals surface area (Å²) in [6, 6.07) is 11.6. The Bertz CT molecular complexity index is 500. The summed E-state index contributed by atoms with van der Waals surface area (Å²) in [5.74, 6) is 1.71. The first-order chi connectivity index (χ1) is 8.83. The van der Waals surface area contributed by atoms with Crippen molar-refractivity contribution in [2.24, 2.45) is 0 Å². The van der Waals surface area contributed by atoms with Crippen molar-refractivity contribution < 1.29 is 14.2 Å². The molecule has 0 radical (unpaired) electrons. The topological polar surface area (TPSA) is 40.6 Å². The van der Waals surface area contributed by atoms with Crippen LogP contribution >= 0.6 is 0 Å². The molecule has 0 aliphatic heterocycles. The lowest BCUT2D eigenvalue weighted by Gasteiger charge is -2.11. The Labute approximate surface area is 106 Å². The second kappa shape index (κ2) is 5.91. The summed E-state index contributed by atoms with van der Waals surface area (Å²) in [4.78, 5) is 4.09. The molecule has 0 aliphatic rings. The molecule has 0 unspecified atom stereocenters. The number of hydrogen-bond acceptors (Lipinski definition) is 4. The zero-order valence-corrected chi connectivity index (χ0v) is 10.4. The quantitative estimate of drug-likeness (QED) is 0.812. The van der Waals surface area contributed by atoms with E-state index < -0.39 is 0 Å². The van der Waals surface area contributed by atoms with E-state index in [9.17, 15) is 0 Å². The second-order valence-electron chi connectivity index (χ2n) is 3.65. The van der Waals surface area contributed by atoms with Crippen molar-refractivity contribution in [3.63, 3.8) is 0 Å². The van der Waals surface area contributed by atoms with Crippen LogP contribution in [0.1, 0.15) is 5.56 Å². The monoisotopic (exact) mass is 245 g/mol. The van der Waals surface area contributed by atoms with Gasteiger partial charge in [0.15, 0.2) is 11.5 Å². The summed E-state index contributed by atoms with van der Waals surface area (Å²) in [6.07, 6.45) is 1.60. The molecule has 2 aromatic rings. The van der Waals surface area contributed by atoms with Crippen LogP contribution in [-0.2, 0) is 6.61 Å². The molecule has 1 aromatic carbocycles. The van der Waals surface area contributed by atoms with E-state index in [0.717, 1.165) is 5.56 Å². The molecule has 0 amide bonds. The number of ether oxygens (including phenoxy) is 3. The van der Waals surface area contributed by atoms with Crippen molar-refractivity contribution in [2.45, 2.75) is 6.61 Å². The van der Waals surface area contributed by atoms with Gasteiger partial charge in [-0.05, 0) is 5.56 Å². The third-order valence-corrected chi connectivity index (χ3v) is 2.47. The van der Waals surface area contributed by atoms with E-state index in [1.54, 1.807) is 26.5 Å². The predicted molar refractivity (Wildman–Crippen MR) is 68.1 cm³/mol. The molecule has 1 aromatic heterocycles. The average molecular weight is 245 g/mol. The molecular formula is C14H15NO3. The molecule has 0 spiro atoms. The van der Waals surface area contributed by atoms with Crippen LogP contribution in [0.5, 0.6) is 17.4 Å². The Morgan fingerprint density at radius 3 is 2.44 bits per heavy atom. The SMILES string of the molecule is COc1cc(OC)c(OCc2ccccc2)cn1. The number of nitrogens with zero attached hydrogens (tertiary/aromatic N) is 1. The molecule has 4 heteroatoms. The van der Waals surface area contributed by atoms with Crippen LogP contribution < -0.4 is 14.2 Å². The van der Waals surface area contributed by atoms with Gasteiger partial charge in [0, 0.05) is 6.07 Å². The maximum absolute atomic E-state index is 5.67. The number of rotatable bonds is 5. The highest BCUT2D eigenvalue weighted by molar-refractivity contribution is 5.41. The van der Waals surface area contributed by atoms with Crippen LogP contribution in [0.2, 0.25) is 0 Å². The summed E-state index contributed by atoms with van der Waals surface area (Å²) in [6.45, 7) is 0.477. The molecule has 0 saturated carbocycles. The fraction of sp³-hybridized carbons (Fsp3) is 0.214. The van der Waals surface area contributed by atoms with Crippen molar-refractivity contribution in [3.8, 4) is 17.4 Å². The number of methoxy groups -OCH3 is 2. The third-order valence-electron chi connectivity index (χ3n) is 2.47. The normalized spacial score (nSPS) is 9.89. The lowest BCUT2D eigenvalue weighted by atomic mass is 10.2. The fourth-order valence-electron chi connectivity index (χ4n) is 1.52. The summed E-state index contributed by atoms with van der Waals surface area (Å²) < 4.78 is 15.9. The molecule has 1 heterocycles. The summed E-state index contributed by atoms with van der Waals surface area (Å²) in [5, 5.41) is 0. The second-order valence-corrected chi connectivity index (χ2v) is 3.65. The maximum Gasteiger partial charge on any atom is 0.216 e. The lowest BCUT2D eigenvalue weighted by Crippen LogP contribution is -1.99. The average Bonchev–Trinajstić information content (AvgIpc) is 2.46. The van der Waals surface area contributed by atoms with E-state index in [0.29, 0.717) is 24.0 Å². The zero-order chi connectivity index (χ0) is 12.8. The van der Waals surface area contributed by atoms with Crippen molar-refractivity contribution >= 4 is 0 Å². The molecule has 94 valence electrons. The largest absolute Gasteiger partial charge is 0.493 e. The van der Waals surface area contributed by atoms with Crippen molar-refractivity contribution in [3.05, 3.63) is 48.2 Å².